The van der Waals surface area contributed by atoms with Gasteiger partial charge in [-0.05, 0) is 18.1 Å². The van der Waals surface area contributed by atoms with Crippen LogP contribution in [0, 0.1) is 0 Å². The fraction of sp³-hybridized carbons (Fsp3) is 0.364. The van der Waals surface area contributed by atoms with Crippen molar-refractivity contribution in [3.05, 3.63) is 29.9 Å². The molecule has 0 aromatic carbocycles. The van der Waals surface area contributed by atoms with E-state index >= 15 is 0 Å². The Kier molecular flexibility index (Phi) is 3.51. The summed E-state index contributed by atoms with van der Waals surface area (Å²) in [6.45, 7) is 2.07. The minimum atomic E-state index is 0.485. The Morgan fingerprint density at radius 1 is 1.44 bits per heavy atom. The first-order valence-corrected chi connectivity index (χ1v) is 5.70. The van der Waals surface area contributed by atoms with Crippen LogP contribution in [0.1, 0.15) is 18.4 Å². The van der Waals surface area contributed by atoms with E-state index in [-0.39, 0.29) is 0 Å². The molecule has 84 valence electrons. The van der Waals surface area contributed by atoms with Crippen LogP contribution in [-0.4, -0.2) is 21.0 Å². The Bertz CT molecular complexity index is 470. The summed E-state index contributed by atoms with van der Waals surface area (Å²) in [6.07, 6.45) is 5.04. The summed E-state index contributed by atoms with van der Waals surface area (Å²) in [5, 5.41) is 3.94. The second-order valence-electron chi connectivity index (χ2n) is 3.34. The molecule has 4 nitrogen and oxygen atoms in total. The first kappa shape index (κ1) is 11.1. The van der Waals surface area contributed by atoms with E-state index in [1.165, 1.54) is 0 Å². The number of pyridine rings is 1. The molecule has 2 rings (SSSR count). The maximum atomic E-state index is 5.61. The third kappa shape index (κ3) is 2.22. The zero-order valence-electron chi connectivity index (χ0n) is 8.98. The van der Waals surface area contributed by atoms with Crippen LogP contribution in [0.4, 0.5) is 0 Å². The molecule has 0 atom stereocenters. The zero-order valence-corrected chi connectivity index (χ0v) is 9.74. The molecule has 2 heterocycles. The normalized spacial score (nSPS) is 10.6. The lowest BCUT2D eigenvalue weighted by atomic mass is 10.1. The van der Waals surface area contributed by atoms with Gasteiger partial charge in [-0.25, -0.2) is 0 Å². The fourth-order valence-corrected chi connectivity index (χ4v) is 1.64. The number of alkyl halides is 1. The summed E-state index contributed by atoms with van der Waals surface area (Å²) < 4.78 is 5.09. The van der Waals surface area contributed by atoms with E-state index in [1.54, 1.807) is 6.20 Å². The minimum Gasteiger partial charge on any atom is -0.339 e. The molecule has 16 heavy (non-hydrogen) atoms. The highest BCUT2D eigenvalue weighted by molar-refractivity contribution is 6.17. The van der Waals surface area contributed by atoms with Crippen molar-refractivity contribution in [2.75, 3.05) is 5.88 Å². The lowest BCUT2D eigenvalue weighted by molar-refractivity contribution is 0.383. The molecule has 0 saturated carbocycles. The van der Waals surface area contributed by atoms with Crippen LogP contribution in [0.5, 0.6) is 0 Å². The maximum Gasteiger partial charge on any atom is 0.228 e. The van der Waals surface area contributed by atoms with Gasteiger partial charge in [-0.3, -0.25) is 4.98 Å². The first-order chi connectivity index (χ1) is 7.85. The Labute approximate surface area is 98.7 Å². The number of rotatable bonds is 4. The average Bonchev–Trinajstić information content (AvgIpc) is 2.78. The molecule has 0 aliphatic rings. The molecule has 0 saturated heterocycles. The quantitative estimate of drug-likeness (QED) is 0.767. The SMILES string of the molecule is CCc1cnccc1-c1noc(CCCl)n1. The van der Waals surface area contributed by atoms with E-state index in [4.69, 9.17) is 16.1 Å². The van der Waals surface area contributed by atoms with Gasteiger partial charge in [0, 0.05) is 30.3 Å². The Hall–Kier alpha value is -1.42. The number of halogens is 1. The van der Waals surface area contributed by atoms with Gasteiger partial charge in [0.25, 0.3) is 0 Å². The molecule has 0 N–H and O–H groups in total. The van der Waals surface area contributed by atoms with Crippen molar-refractivity contribution >= 4 is 11.6 Å². The van der Waals surface area contributed by atoms with Gasteiger partial charge in [-0.2, -0.15) is 4.98 Å². The van der Waals surface area contributed by atoms with E-state index in [2.05, 4.69) is 22.0 Å². The van der Waals surface area contributed by atoms with Crippen LogP contribution in [0.25, 0.3) is 11.4 Å². The number of hydrogen-bond acceptors (Lipinski definition) is 4. The third-order valence-corrected chi connectivity index (χ3v) is 2.49. The smallest absolute Gasteiger partial charge is 0.228 e. The maximum absolute atomic E-state index is 5.61. The highest BCUT2D eigenvalue weighted by Crippen LogP contribution is 2.20. The van der Waals surface area contributed by atoms with Gasteiger partial charge in [0.2, 0.25) is 11.7 Å². The molecule has 0 radical (unpaired) electrons. The number of hydrogen-bond donors (Lipinski definition) is 0. The second kappa shape index (κ2) is 5.07. The Morgan fingerprint density at radius 2 is 2.31 bits per heavy atom. The van der Waals surface area contributed by atoms with Crippen molar-refractivity contribution in [1.82, 2.24) is 15.1 Å². The van der Waals surface area contributed by atoms with Gasteiger partial charge in [-0.15, -0.1) is 11.6 Å². The first-order valence-electron chi connectivity index (χ1n) is 5.17. The monoisotopic (exact) mass is 237 g/mol. The van der Waals surface area contributed by atoms with Crippen molar-refractivity contribution in [3.63, 3.8) is 0 Å². The lowest BCUT2D eigenvalue weighted by Crippen LogP contribution is -1.91. The summed E-state index contributed by atoms with van der Waals surface area (Å²) in [4.78, 5) is 8.37. The predicted octanol–water partition coefficient (Wildman–Crippen LogP) is 2.48. The van der Waals surface area contributed by atoms with Crippen LogP contribution < -0.4 is 0 Å². The third-order valence-electron chi connectivity index (χ3n) is 2.30. The van der Waals surface area contributed by atoms with Crippen molar-refractivity contribution in [3.8, 4) is 11.4 Å². The largest absolute Gasteiger partial charge is 0.339 e. The molecule has 2 aromatic heterocycles. The van der Waals surface area contributed by atoms with E-state index in [9.17, 15) is 0 Å². The molecule has 0 aliphatic carbocycles. The average molecular weight is 238 g/mol. The minimum absolute atomic E-state index is 0.485. The van der Waals surface area contributed by atoms with Crippen LogP contribution in [0.15, 0.2) is 23.0 Å². The van der Waals surface area contributed by atoms with Gasteiger partial charge in [0.05, 0.1) is 0 Å². The summed E-state index contributed by atoms with van der Waals surface area (Å²) in [5.41, 5.74) is 2.09. The standard InChI is InChI=1S/C11H12ClN3O/c1-2-8-7-13-6-4-9(8)11-14-10(3-5-12)16-15-11/h4,6-7H,2-3,5H2,1H3. The lowest BCUT2D eigenvalue weighted by Gasteiger charge is -2.00. The highest BCUT2D eigenvalue weighted by Gasteiger charge is 2.11. The van der Waals surface area contributed by atoms with Gasteiger partial charge in [0.1, 0.15) is 0 Å². The highest BCUT2D eigenvalue weighted by atomic mass is 35.5. The summed E-state index contributed by atoms with van der Waals surface area (Å²) in [6, 6.07) is 1.90. The van der Waals surface area contributed by atoms with Crippen LogP contribution in [-0.2, 0) is 12.8 Å². The predicted molar refractivity (Wildman–Crippen MR) is 61.3 cm³/mol. The van der Waals surface area contributed by atoms with E-state index in [0.29, 0.717) is 24.0 Å². The number of aryl methyl sites for hydroxylation is 2. The molecular formula is C11H12ClN3O. The fourth-order valence-electron chi connectivity index (χ4n) is 1.47. The molecular weight excluding hydrogens is 226 g/mol. The van der Waals surface area contributed by atoms with Crippen LogP contribution >= 0.6 is 11.6 Å². The van der Waals surface area contributed by atoms with Gasteiger partial charge in [0.15, 0.2) is 0 Å². The van der Waals surface area contributed by atoms with E-state index in [0.717, 1.165) is 17.5 Å². The van der Waals surface area contributed by atoms with E-state index < -0.39 is 0 Å². The molecule has 0 aliphatic heterocycles. The number of nitrogens with zero attached hydrogens (tertiary/aromatic N) is 3. The zero-order chi connectivity index (χ0) is 11.4. The van der Waals surface area contributed by atoms with Gasteiger partial charge >= 0.3 is 0 Å². The van der Waals surface area contributed by atoms with Crippen LogP contribution in [0.3, 0.4) is 0 Å². The summed E-state index contributed by atoms with van der Waals surface area (Å²) in [7, 11) is 0. The second-order valence-corrected chi connectivity index (χ2v) is 3.72. The number of aromatic nitrogens is 3. The van der Waals surface area contributed by atoms with Gasteiger partial charge in [-0.1, -0.05) is 12.1 Å². The van der Waals surface area contributed by atoms with Crippen molar-refractivity contribution in [1.29, 1.82) is 0 Å². The van der Waals surface area contributed by atoms with Crippen molar-refractivity contribution in [2.24, 2.45) is 0 Å². The molecule has 5 heteroatoms. The molecule has 0 bridgehead atoms. The van der Waals surface area contributed by atoms with Crippen molar-refractivity contribution in [2.45, 2.75) is 19.8 Å². The Balaban J connectivity index is 2.34. The molecule has 0 unspecified atom stereocenters. The van der Waals surface area contributed by atoms with Crippen LogP contribution in [0.2, 0.25) is 0 Å². The molecule has 0 fully saturated rings. The van der Waals surface area contributed by atoms with Crippen molar-refractivity contribution < 1.29 is 4.52 Å². The molecule has 2 aromatic rings. The topological polar surface area (TPSA) is 51.8 Å². The molecule has 0 amide bonds. The summed E-state index contributed by atoms with van der Waals surface area (Å²) in [5.74, 6) is 1.67. The molecule has 0 spiro atoms. The van der Waals surface area contributed by atoms with Gasteiger partial charge < -0.3 is 4.52 Å². The Morgan fingerprint density at radius 3 is 3.06 bits per heavy atom. The van der Waals surface area contributed by atoms with E-state index in [1.807, 2.05) is 12.3 Å². The summed E-state index contributed by atoms with van der Waals surface area (Å²) >= 11 is 5.61.